The predicted octanol–water partition coefficient (Wildman–Crippen LogP) is 0.838. The van der Waals surface area contributed by atoms with Crippen LogP contribution in [0.1, 0.15) is 36.0 Å². The highest BCUT2D eigenvalue weighted by atomic mass is 32.2. The van der Waals surface area contributed by atoms with Gasteiger partial charge in [0.25, 0.3) is 5.91 Å². The first-order chi connectivity index (χ1) is 13.4. The molecule has 1 N–H and O–H groups in total. The summed E-state index contributed by atoms with van der Waals surface area (Å²) in [4.78, 5) is 26.9. The third-order valence-corrected chi connectivity index (χ3v) is 7.57. The van der Waals surface area contributed by atoms with Crippen molar-refractivity contribution >= 4 is 21.8 Å². The molecule has 0 aliphatic carbocycles. The lowest BCUT2D eigenvalue weighted by Crippen LogP contribution is -2.61. The standard InChI is InChI=1S/C19H27N3O5S/c1-20-17(23)15-6-3-7-16(14-15)28(25,26)22-11-5-9-19(22)8-4-10-21(18(19)24)12-13-27-2/h3,6-7,14H,4-5,8-13H2,1-2H3,(H,20,23). The van der Waals surface area contributed by atoms with Crippen molar-refractivity contribution in [3.63, 3.8) is 0 Å². The van der Waals surface area contributed by atoms with Gasteiger partial charge < -0.3 is 15.0 Å². The van der Waals surface area contributed by atoms with Crippen molar-refractivity contribution in [1.82, 2.24) is 14.5 Å². The average molecular weight is 410 g/mol. The van der Waals surface area contributed by atoms with Gasteiger partial charge in [0.2, 0.25) is 15.9 Å². The minimum atomic E-state index is -3.91. The molecule has 2 fully saturated rings. The molecule has 0 aromatic heterocycles. The van der Waals surface area contributed by atoms with Crippen LogP contribution in [0, 0.1) is 0 Å². The Morgan fingerprint density at radius 2 is 1.96 bits per heavy atom. The van der Waals surface area contributed by atoms with Crippen LogP contribution in [0.2, 0.25) is 0 Å². The van der Waals surface area contributed by atoms with E-state index in [1.54, 1.807) is 24.1 Å². The number of hydrogen-bond acceptors (Lipinski definition) is 5. The van der Waals surface area contributed by atoms with Crippen LogP contribution in [0.5, 0.6) is 0 Å². The second kappa shape index (κ2) is 8.18. The van der Waals surface area contributed by atoms with E-state index in [0.717, 1.165) is 6.42 Å². The summed E-state index contributed by atoms with van der Waals surface area (Å²) in [5.74, 6) is -0.494. The summed E-state index contributed by atoms with van der Waals surface area (Å²) in [7, 11) is -0.840. The van der Waals surface area contributed by atoms with Gasteiger partial charge in [-0.2, -0.15) is 4.31 Å². The molecular weight excluding hydrogens is 382 g/mol. The molecule has 3 rings (SSSR count). The summed E-state index contributed by atoms with van der Waals surface area (Å²) in [6, 6.07) is 5.96. The summed E-state index contributed by atoms with van der Waals surface area (Å²) >= 11 is 0. The van der Waals surface area contributed by atoms with Crippen LogP contribution in [-0.4, -0.2) is 75.4 Å². The van der Waals surface area contributed by atoms with Crippen LogP contribution >= 0.6 is 0 Å². The minimum absolute atomic E-state index is 0.0386. The molecule has 1 aromatic carbocycles. The molecule has 0 saturated carbocycles. The first-order valence-corrected chi connectivity index (χ1v) is 10.9. The molecule has 154 valence electrons. The van der Waals surface area contributed by atoms with Crippen molar-refractivity contribution in [2.75, 3.05) is 40.4 Å². The van der Waals surface area contributed by atoms with Crippen molar-refractivity contribution in [3.05, 3.63) is 29.8 Å². The molecule has 1 spiro atoms. The smallest absolute Gasteiger partial charge is 0.251 e. The molecule has 28 heavy (non-hydrogen) atoms. The molecule has 0 radical (unpaired) electrons. The lowest BCUT2D eigenvalue weighted by Gasteiger charge is -2.43. The van der Waals surface area contributed by atoms with Gasteiger partial charge >= 0.3 is 0 Å². The lowest BCUT2D eigenvalue weighted by molar-refractivity contribution is -0.145. The number of sulfonamides is 1. The maximum Gasteiger partial charge on any atom is 0.251 e. The summed E-state index contributed by atoms with van der Waals surface area (Å²) in [6.07, 6.45) is 2.42. The molecule has 8 nitrogen and oxygen atoms in total. The Morgan fingerprint density at radius 3 is 2.64 bits per heavy atom. The van der Waals surface area contributed by atoms with Crippen LogP contribution in [0.4, 0.5) is 0 Å². The first-order valence-electron chi connectivity index (χ1n) is 9.50. The molecule has 2 aliphatic rings. The second-order valence-electron chi connectivity index (χ2n) is 7.21. The molecule has 1 atom stereocenters. The van der Waals surface area contributed by atoms with Gasteiger partial charge in [0.1, 0.15) is 5.54 Å². The fourth-order valence-electron chi connectivity index (χ4n) is 4.22. The Balaban J connectivity index is 1.95. The molecule has 2 heterocycles. The Morgan fingerprint density at radius 1 is 1.25 bits per heavy atom. The Labute approximate surface area is 165 Å². The summed E-state index contributed by atoms with van der Waals surface area (Å²) < 4.78 is 33.3. The fraction of sp³-hybridized carbons (Fsp3) is 0.579. The number of nitrogens with zero attached hydrogens (tertiary/aromatic N) is 2. The Bertz CT molecular complexity index is 857. The highest BCUT2D eigenvalue weighted by Gasteiger charge is 2.55. The molecule has 2 saturated heterocycles. The van der Waals surface area contributed by atoms with E-state index < -0.39 is 15.6 Å². The van der Waals surface area contributed by atoms with E-state index in [-0.39, 0.29) is 22.3 Å². The summed E-state index contributed by atoms with van der Waals surface area (Å²) in [5.41, 5.74) is -0.762. The normalized spacial score (nSPS) is 23.4. The minimum Gasteiger partial charge on any atom is -0.383 e. The Kier molecular flexibility index (Phi) is 6.07. The molecule has 1 unspecified atom stereocenters. The molecule has 9 heteroatoms. The first kappa shape index (κ1) is 20.8. The largest absolute Gasteiger partial charge is 0.383 e. The highest BCUT2D eigenvalue weighted by Crippen LogP contribution is 2.41. The predicted molar refractivity (Wildman–Crippen MR) is 103 cm³/mol. The summed E-state index contributed by atoms with van der Waals surface area (Å²) in [5, 5.41) is 2.50. The zero-order valence-corrected chi connectivity index (χ0v) is 17.1. The van der Waals surface area contributed by atoms with E-state index in [1.807, 2.05) is 0 Å². The van der Waals surface area contributed by atoms with E-state index in [0.29, 0.717) is 45.5 Å². The van der Waals surface area contributed by atoms with Gasteiger partial charge in [0, 0.05) is 39.4 Å². The molecule has 2 aliphatic heterocycles. The quantitative estimate of drug-likeness (QED) is 0.751. The van der Waals surface area contributed by atoms with Crippen LogP contribution in [-0.2, 0) is 19.6 Å². The number of piperidine rings is 1. The number of carbonyl (C=O) groups excluding carboxylic acids is 2. The average Bonchev–Trinajstić information content (AvgIpc) is 3.14. The van der Waals surface area contributed by atoms with Crippen LogP contribution < -0.4 is 5.32 Å². The number of amides is 2. The van der Waals surface area contributed by atoms with Gasteiger partial charge in [0.15, 0.2) is 0 Å². The van der Waals surface area contributed by atoms with Crippen molar-refractivity contribution in [2.45, 2.75) is 36.1 Å². The summed E-state index contributed by atoms with van der Waals surface area (Å²) in [6.45, 7) is 1.79. The van der Waals surface area contributed by atoms with Crippen molar-refractivity contribution in [1.29, 1.82) is 0 Å². The molecule has 1 aromatic rings. The molecular formula is C19H27N3O5S. The van der Waals surface area contributed by atoms with E-state index in [2.05, 4.69) is 5.32 Å². The van der Waals surface area contributed by atoms with E-state index in [9.17, 15) is 18.0 Å². The number of carbonyl (C=O) groups is 2. The number of likely N-dealkylation sites (tertiary alicyclic amines) is 1. The number of benzene rings is 1. The number of rotatable bonds is 6. The zero-order valence-electron chi connectivity index (χ0n) is 16.3. The maximum atomic E-state index is 13.4. The fourth-order valence-corrected chi connectivity index (χ4v) is 6.09. The van der Waals surface area contributed by atoms with Crippen LogP contribution in [0.25, 0.3) is 0 Å². The van der Waals surface area contributed by atoms with Crippen molar-refractivity contribution < 1.29 is 22.7 Å². The van der Waals surface area contributed by atoms with Gasteiger partial charge in [-0.3, -0.25) is 9.59 Å². The van der Waals surface area contributed by atoms with Crippen molar-refractivity contribution in [3.8, 4) is 0 Å². The van der Waals surface area contributed by atoms with E-state index in [4.69, 9.17) is 4.74 Å². The number of nitrogens with one attached hydrogen (secondary N) is 1. The maximum absolute atomic E-state index is 13.4. The number of ether oxygens (including phenoxy) is 1. The van der Waals surface area contributed by atoms with Gasteiger partial charge in [-0.1, -0.05) is 6.07 Å². The van der Waals surface area contributed by atoms with Crippen LogP contribution in [0.15, 0.2) is 29.2 Å². The van der Waals surface area contributed by atoms with E-state index >= 15 is 0 Å². The Hall–Kier alpha value is -1.97. The monoisotopic (exact) mass is 409 g/mol. The lowest BCUT2D eigenvalue weighted by atomic mass is 9.86. The van der Waals surface area contributed by atoms with Gasteiger partial charge in [-0.05, 0) is 43.9 Å². The number of hydrogen-bond donors (Lipinski definition) is 1. The van der Waals surface area contributed by atoms with E-state index in [1.165, 1.54) is 23.5 Å². The third-order valence-electron chi connectivity index (χ3n) is 5.61. The zero-order chi connectivity index (χ0) is 20.4. The molecule has 0 bridgehead atoms. The number of methoxy groups -OCH3 is 1. The third kappa shape index (κ3) is 3.54. The second-order valence-corrected chi connectivity index (χ2v) is 9.07. The highest BCUT2D eigenvalue weighted by molar-refractivity contribution is 7.89. The van der Waals surface area contributed by atoms with Gasteiger partial charge in [-0.25, -0.2) is 8.42 Å². The van der Waals surface area contributed by atoms with Gasteiger partial charge in [0.05, 0.1) is 11.5 Å². The molecule has 2 amide bonds. The van der Waals surface area contributed by atoms with Gasteiger partial charge in [-0.15, -0.1) is 0 Å². The van der Waals surface area contributed by atoms with Crippen molar-refractivity contribution in [2.24, 2.45) is 0 Å². The van der Waals surface area contributed by atoms with Crippen LogP contribution in [0.3, 0.4) is 0 Å². The SMILES string of the molecule is CNC(=O)c1cccc(S(=O)(=O)N2CCCC23CCCN(CCOC)C3=O)c1. The topological polar surface area (TPSA) is 96.0 Å².